The Labute approximate surface area is 133 Å². The van der Waals surface area contributed by atoms with Crippen molar-refractivity contribution in [2.75, 3.05) is 0 Å². The van der Waals surface area contributed by atoms with Crippen LogP contribution in [0.25, 0.3) is 0 Å². The minimum absolute atomic E-state index is 0.0111. The molecule has 0 aliphatic heterocycles. The van der Waals surface area contributed by atoms with Crippen LogP contribution in [0.1, 0.15) is 83.1 Å². The number of amidine groups is 1. The van der Waals surface area contributed by atoms with Gasteiger partial charge in [0.25, 0.3) is 0 Å². The van der Waals surface area contributed by atoms with Crippen molar-refractivity contribution in [1.82, 2.24) is 4.90 Å². The highest BCUT2D eigenvalue weighted by Gasteiger charge is 2.37. The minimum atomic E-state index is -0.107. The molecule has 0 bridgehead atoms. The summed E-state index contributed by atoms with van der Waals surface area (Å²) in [6, 6.07) is 0. The Morgan fingerprint density at radius 3 is 1.29 bits per heavy atom. The Kier molecular flexibility index (Phi) is 5.56. The lowest BCUT2D eigenvalue weighted by Gasteiger charge is -2.48. The smallest absolute Gasteiger partial charge is 0.110 e. The lowest BCUT2D eigenvalue weighted by molar-refractivity contribution is 0.218. The molecule has 0 saturated heterocycles. The number of hydrogen-bond acceptors (Lipinski definition) is 1. The van der Waals surface area contributed by atoms with Gasteiger partial charge in [-0.3, -0.25) is 4.99 Å². The van der Waals surface area contributed by atoms with E-state index < -0.39 is 0 Å². The maximum atomic E-state index is 5.06. The third-order valence-corrected chi connectivity index (χ3v) is 3.13. The average Bonchev–Trinajstić information content (AvgIpc) is 2.08. The third kappa shape index (κ3) is 6.23. The summed E-state index contributed by atoms with van der Waals surface area (Å²) >= 11 is 0. The molecule has 0 spiro atoms. The van der Waals surface area contributed by atoms with Gasteiger partial charge in [-0.2, -0.15) is 0 Å². The summed E-state index contributed by atoms with van der Waals surface area (Å²) in [7, 11) is 0. The van der Waals surface area contributed by atoms with Gasteiger partial charge in [-0.25, -0.2) is 0 Å². The molecule has 21 heavy (non-hydrogen) atoms. The zero-order chi connectivity index (χ0) is 17.4. The first kappa shape index (κ1) is 20.2. The summed E-state index contributed by atoms with van der Waals surface area (Å²) in [6.07, 6.45) is 0. The fraction of sp³-hybridized carbons (Fsp3) is 0.842. The first-order chi connectivity index (χ1) is 8.87. The Bertz CT molecular complexity index is 401. The zero-order valence-corrected chi connectivity index (χ0v) is 16.6. The van der Waals surface area contributed by atoms with Gasteiger partial charge >= 0.3 is 0 Å². The monoisotopic (exact) mass is 294 g/mol. The van der Waals surface area contributed by atoms with Crippen LogP contribution in [0.2, 0.25) is 0 Å². The summed E-state index contributed by atoms with van der Waals surface area (Å²) in [5.74, 6) is 1.11. The van der Waals surface area contributed by atoms with Crippen molar-refractivity contribution < 1.29 is 0 Å². The fourth-order valence-corrected chi connectivity index (χ4v) is 2.06. The van der Waals surface area contributed by atoms with Crippen LogP contribution in [0.5, 0.6) is 0 Å². The molecule has 124 valence electrons. The van der Waals surface area contributed by atoms with Gasteiger partial charge in [0.1, 0.15) is 5.84 Å². The molecule has 2 nitrogen and oxygen atoms in total. The molecule has 0 fully saturated rings. The summed E-state index contributed by atoms with van der Waals surface area (Å²) in [5.41, 5.74) is 0.936. The quantitative estimate of drug-likeness (QED) is 0.435. The van der Waals surface area contributed by atoms with E-state index in [2.05, 4.69) is 94.6 Å². The van der Waals surface area contributed by atoms with E-state index in [1.165, 1.54) is 0 Å². The summed E-state index contributed by atoms with van der Waals surface area (Å²) < 4.78 is 0. The molecule has 2 heteroatoms. The molecule has 0 atom stereocenters. The van der Waals surface area contributed by atoms with Crippen molar-refractivity contribution in [2.24, 2.45) is 15.8 Å². The van der Waals surface area contributed by atoms with Crippen LogP contribution in [0.15, 0.2) is 17.3 Å². The van der Waals surface area contributed by atoms with Crippen LogP contribution in [-0.2, 0) is 0 Å². The van der Waals surface area contributed by atoms with Gasteiger partial charge in [-0.1, -0.05) is 48.1 Å². The predicted molar refractivity (Wildman–Crippen MR) is 96.8 cm³/mol. The maximum Gasteiger partial charge on any atom is 0.110 e. The van der Waals surface area contributed by atoms with Gasteiger partial charge in [0, 0.05) is 22.1 Å². The Hall–Kier alpha value is -0.790. The summed E-state index contributed by atoms with van der Waals surface area (Å²) in [4.78, 5) is 7.41. The van der Waals surface area contributed by atoms with Gasteiger partial charge < -0.3 is 4.90 Å². The molecule has 0 heterocycles. The molecule has 0 aliphatic rings. The number of aliphatic imine (C=N–C) groups is 1. The van der Waals surface area contributed by atoms with E-state index in [4.69, 9.17) is 4.99 Å². The van der Waals surface area contributed by atoms with Crippen molar-refractivity contribution in [1.29, 1.82) is 0 Å². The van der Waals surface area contributed by atoms with E-state index in [1.807, 2.05) is 0 Å². The standard InChI is InChI=1S/C19H38N2/c1-14(16(2,3)4)21(19(11,12)13)15(17(5,6)7)20-18(8,9)10/h1H2,2-13H3. The second-order valence-corrected chi connectivity index (χ2v) is 10.1. The van der Waals surface area contributed by atoms with Crippen LogP contribution in [-0.4, -0.2) is 21.8 Å². The van der Waals surface area contributed by atoms with Gasteiger partial charge in [0.05, 0.1) is 5.54 Å². The Morgan fingerprint density at radius 1 is 0.714 bits per heavy atom. The first-order valence-corrected chi connectivity index (χ1v) is 7.97. The molecule has 0 saturated carbocycles. The molecular formula is C19H38N2. The Morgan fingerprint density at radius 2 is 1.10 bits per heavy atom. The van der Waals surface area contributed by atoms with E-state index in [1.54, 1.807) is 0 Å². The second-order valence-electron chi connectivity index (χ2n) is 10.1. The molecule has 0 aromatic rings. The first-order valence-electron chi connectivity index (χ1n) is 7.97. The van der Waals surface area contributed by atoms with E-state index in [0.717, 1.165) is 11.5 Å². The van der Waals surface area contributed by atoms with Gasteiger partial charge in [0.15, 0.2) is 0 Å². The van der Waals surface area contributed by atoms with Crippen LogP contribution >= 0.6 is 0 Å². The minimum Gasteiger partial charge on any atom is -0.328 e. The molecule has 0 unspecified atom stereocenters. The predicted octanol–water partition coefficient (Wildman–Crippen LogP) is 5.89. The Balaban J connectivity index is 6.24. The van der Waals surface area contributed by atoms with Gasteiger partial charge in [-0.15, -0.1) is 0 Å². The topological polar surface area (TPSA) is 15.6 Å². The molecule has 0 aromatic carbocycles. The molecule has 0 aliphatic carbocycles. The molecule has 0 rings (SSSR count). The largest absolute Gasteiger partial charge is 0.328 e. The number of rotatable bonds is 1. The molecular weight excluding hydrogens is 256 g/mol. The number of hydrogen-bond donors (Lipinski definition) is 0. The lowest BCUT2D eigenvalue weighted by Crippen LogP contribution is -2.52. The van der Waals surface area contributed by atoms with Crippen molar-refractivity contribution in [3.8, 4) is 0 Å². The summed E-state index contributed by atoms with van der Waals surface area (Å²) in [5, 5.41) is 0. The van der Waals surface area contributed by atoms with Crippen LogP contribution in [0.3, 0.4) is 0 Å². The van der Waals surface area contributed by atoms with E-state index in [-0.39, 0.29) is 21.9 Å². The molecule has 0 aromatic heterocycles. The third-order valence-electron chi connectivity index (χ3n) is 3.13. The zero-order valence-electron chi connectivity index (χ0n) is 16.6. The summed E-state index contributed by atoms with van der Waals surface area (Å²) in [6.45, 7) is 30.9. The van der Waals surface area contributed by atoms with E-state index >= 15 is 0 Å². The van der Waals surface area contributed by atoms with Gasteiger partial charge in [0.2, 0.25) is 0 Å². The second kappa shape index (κ2) is 5.78. The number of nitrogens with zero attached hydrogens (tertiary/aromatic N) is 2. The highest BCUT2D eigenvalue weighted by atomic mass is 15.3. The molecule has 0 amide bonds. The van der Waals surface area contributed by atoms with Crippen molar-refractivity contribution in [2.45, 2.75) is 94.2 Å². The van der Waals surface area contributed by atoms with Crippen LogP contribution in [0, 0.1) is 10.8 Å². The molecule has 0 radical (unpaired) electrons. The van der Waals surface area contributed by atoms with Crippen LogP contribution < -0.4 is 0 Å². The highest BCUT2D eigenvalue weighted by Crippen LogP contribution is 2.37. The van der Waals surface area contributed by atoms with Crippen LogP contribution in [0.4, 0.5) is 0 Å². The van der Waals surface area contributed by atoms with Gasteiger partial charge in [-0.05, 0) is 41.5 Å². The normalized spacial score (nSPS) is 15.1. The fourth-order valence-electron chi connectivity index (χ4n) is 2.06. The average molecular weight is 295 g/mol. The molecule has 0 N–H and O–H groups in total. The highest BCUT2D eigenvalue weighted by molar-refractivity contribution is 5.89. The van der Waals surface area contributed by atoms with Crippen molar-refractivity contribution in [3.05, 3.63) is 12.3 Å². The SMILES string of the molecule is C=C(N(C(=NC(C)(C)C)C(C)(C)C)C(C)(C)C)C(C)(C)C. The van der Waals surface area contributed by atoms with Crippen molar-refractivity contribution >= 4 is 5.84 Å². The lowest BCUT2D eigenvalue weighted by atomic mass is 9.84. The number of allylic oxidation sites excluding steroid dienone is 1. The van der Waals surface area contributed by atoms with Crippen molar-refractivity contribution in [3.63, 3.8) is 0 Å². The van der Waals surface area contributed by atoms with E-state index in [9.17, 15) is 0 Å². The van der Waals surface area contributed by atoms with E-state index in [0.29, 0.717) is 0 Å². The maximum absolute atomic E-state index is 5.06.